The van der Waals surface area contributed by atoms with E-state index in [1.807, 2.05) is 12.4 Å². The van der Waals surface area contributed by atoms with E-state index in [-0.39, 0.29) is 6.71 Å². The first-order chi connectivity index (χ1) is 17.9. The topological polar surface area (TPSA) is 34.2 Å². The van der Waals surface area contributed by atoms with E-state index in [1.165, 1.54) is 54.9 Å². The highest BCUT2D eigenvalue weighted by Gasteiger charge is 2.44. The lowest BCUT2D eigenvalue weighted by atomic mass is 9.34. The van der Waals surface area contributed by atoms with Gasteiger partial charge in [0.25, 0.3) is 6.71 Å². The molecule has 0 saturated heterocycles. The fourth-order valence-corrected chi connectivity index (χ4v) is 6.77. The van der Waals surface area contributed by atoms with Gasteiger partial charge in [-0.05, 0) is 54.1 Å². The van der Waals surface area contributed by atoms with Gasteiger partial charge in [0.15, 0.2) is 5.58 Å². The summed E-state index contributed by atoms with van der Waals surface area (Å²) in [6.45, 7) is 0.0855. The lowest BCUT2D eigenvalue weighted by Crippen LogP contribution is -2.60. The van der Waals surface area contributed by atoms with Crippen LogP contribution in [0.15, 0.2) is 89.6 Å². The molecule has 9 rings (SSSR count). The van der Waals surface area contributed by atoms with Crippen molar-refractivity contribution in [3.63, 3.8) is 0 Å². The maximum Gasteiger partial charge on any atom is 0.257 e. The van der Waals surface area contributed by atoms with Crippen LogP contribution in [0.3, 0.4) is 0 Å². The molecule has 0 unspecified atom stereocenters. The minimum Gasteiger partial charge on any atom is -0.439 e. The van der Waals surface area contributed by atoms with Crippen molar-refractivity contribution in [2.75, 3.05) is 4.90 Å². The second-order valence-corrected chi connectivity index (χ2v) is 9.87. The van der Waals surface area contributed by atoms with E-state index < -0.39 is 0 Å². The van der Waals surface area contributed by atoms with E-state index in [2.05, 4.69) is 99.4 Å². The van der Waals surface area contributed by atoms with Crippen LogP contribution in [0.1, 0.15) is 12.8 Å². The molecular weight excluding hydrogens is 441 g/mol. The van der Waals surface area contributed by atoms with E-state index in [1.54, 1.807) is 0 Å². The molecule has 1 aliphatic carbocycles. The minimum atomic E-state index is 0.0855. The summed E-state index contributed by atoms with van der Waals surface area (Å²) in [7, 11) is 0. The second kappa shape index (κ2) is 6.58. The van der Waals surface area contributed by atoms with Crippen molar-refractivity contribution in [3.8, 4) is 5.88 Å². The van der Waals surface area contributed by atoms with Gasteiger partial charge in [-0.3, -0.25) is 9.55 Å². The average molecular weight is 461 g/mol. The maximum absolute atomic E-state index is 6.64. The van der Waals surface area contributed by atoms with Gasteiger partial charge in [0.1, 0.15) is 0 Å². The minimum absolute atomic E-state index is 0.0855. The molecule has 0 fully saturated rings. The van der Waals surface area contributed by atoms with Crippen molar-refractivity contribution in [2.45, 2.75) is 12.8 Å². The third-order valence-corrected chi connectivity index (χ3v) is 8.11. The normalized spacial score (nSPS) is 14.8. The Labute approximate surface area is 207 Å². The predicted octanol–water partition coefficient (Wildman–Crippen LogP) is 3.74. The zero-order valence-electron chi connectivity index (χ0n) is 19.5. The Kier molecular flexibility index (Phi) is 3.43. The Bertz CT molecular complexity index is 2020. The summed E-state index contributed by atoms with van der Waals surface area (Å²) in [5, 5.41) is 5.03. The molecule has 3 aromatic carbocycles. The average Bonchev–Trinajstić information content (AvgIpc) is 3.49. The summed E-state index contributed by atoms with van der Waals surface area (Å²) in [6.07, 6.45) is 10.6. The second-order valence-electron chi connectivity index (χ2n) is 9.87. The molecule has 0 atom stereocenters. The largest absolute Gasteiger partial charge is 0.439 e. The highest BCUT2D eigenvalue weighted by molar-refractivity contribution is 7.01. The highest BCUT2D eigenvalue weighted by atomic mass is 16.4. The van der Waals surface area contributed by atoms with Crippen LogP contribution < -0.4 is 31.9 Å². The maximum atomic E-state index is 6.64. The van der Waals surface area contributed by atoms with Crippen molar-refractivity contribution in [2.24, 2.45) is 0 Å². The first-order valence-electron chi connectivity index (χ1n) is 12.6. The summed E-state index contributed by atoms with van der Waals surface area (Å²) < 4.78 is 9.03. The third kappa shape index (κ3) is 2.15. The molecule has 0 N–H and O–H groups in total. The number of hydrogen-bond acceptors (Lipinski definition) is 3. The van der Waals surface area contributed by atoms with Crippen LogP contribution in [0.25, 0.3) is 39.9 Å². The van der Waals surface area contributed by atoms with Crippen LogP contribution in [-0.2, 0) is 0 Å². The number of anilines is 3. The van der Waals surface area contributed by atoms with Crippen molar-refractivity contribution >= 4 is 74.2 Å². The Morgan fingerprint density at radius 2 is 1.64 bits per heavy atom. The fraction of sp³-hybridized carbons (Fsp3) is 0.0645. The molecule has 2 aliphatic heterocycles. The smallest absolute Gasteiger partial charge is 0.257 e. The number of aromatic nitrogens is 2. The van der Waals surface area contributed by atoms with Gasteiger partial charge in [0, 0.05) is 44.7 Å². The molecule has 5 heteroatoms. The van der Waals surface area contributed by atoms with E-state index in [9.17, 15) is 0 Å². The molecule has 3 aromatic heterocycles. The first-order valence-corrected chi connectivity index (χ1v) is 12.6. The molecule has 0 spiro atoms. The van der Waals surface area contributed by atoms with Crippen LogP contribution in [0.5, 0.6) is 0 Å². The Morgan fingerprint density at radius 3 is 2.58 bits per heavy atom. The summed E-state index contributed by atoms with van der Waals surface area (Å²) in [5.41, 5.74) is 9.65. The Morgan fingerprint density at radius 1 is 0.778 bits per heavy atom. The molecule has 0 radical (unpaired) electrons. The van der Waals surface area contributed by atoms with Gasteiger partial charge >= 0.3 is 0 Å². The Balaban J connectivity index is 1.54. The molecule has 168 valence electrons. The number of furan rings is 1. The standard InChI is InChI=1S/C31H20BN3O/c1-2-8-19(9-3-1)34-25-13-7-5-11-23(25)32-28-22-16-17-33-18-27(22)36-31(28)35-24-12-6-4-10-20(24)21-14-15-26(34)29(32)30(21)35/h1-3,5,7-18H,4,6H2. The molecule has 3 aliphatic rings. The number of pyridine rings is 1. The zero-order valence-corrected chi connectivity index (χ0v) is 19.5. The van der Waals surface area contributed by atoms with E-state index in [0.717, 1.165) is 29.7 Å². The van der Waals surface area contributed by atoms with Gasteiger partial charge in [-0.15, -0.1) is 0 Å². The van der Waals surface area contributed by atoms with E-state index >= 15 is 0 Å². The van der Waals surface area contributed by atoms with Crippen LogP contribution in [0.4, 0.5) is 17.1 Å². The van der Waals surface area contributed by atoms with Gasteiger partial charge < -0.3 is 9.32 Å². The Hall–Kier alpha value is -4.51. The van der Waals surface area contributed by atoms with Crippen LogP contribution in [0.2, 0.25) is 0 Å². The number of para-hydroxylation sites is 2. The number of rotatable bonds is 1. The lowest BCUT2D eigenvalue weighted by Gasteiger charge is -2.38. The molecule has 0 amide bonds. The first kappa shape index (κ1) is 18.8. The molecule has 4 nitrogen and oxygen atoms in total. The SMILES string of the molecule is C1=c2c(n3c4c5c(ccc24)N(c2ccccc2)c2ccccc2B5c2c-3oc3cnccc23)=CCC1. The zero-order chi connectivity index (χ0) is 23.4. The molecule has 36 heavy (non-hydrogen) atoms. The summed E-state index contributed by atoms with van der Waals surface area (Å²) >= 11 is 0. The highest BCUT2D eigenvalue weighted by Crippen LogP contribution is 2.39. The monoisotopic (exact) mass is 461 g/mol. The summed E-state index contributed by atoms with van der Waals surface area (Å²) in [5.74, 6) is 0.938. The number of hydrogen-bond donors (Lipinski definition) is 0. The quantitative estimate of drug-likeness (QED) is 0.350. The van der Waals surface area contributed by atoms with Crippen molar-refractivity contribution < 1.29 is 4.42 Å². The number of fused-ring (bicyclic) bond motifs is 10. The fourth-order valence-electron chi connectivity index (χ4n) is 6.77. The molecule has 0 bridgehead atoms. The van der Waals surface area contributed by atoms with Crippen molar-refractivity contribution in [1.82, 2.24) is 9.55 Å². The van der Waals surface area contributed by atoms with E-state index in [0.29, 0.717) is 0 Å². The van der Waals surface area contributed by atoms with Gasteiger partial charge in [-0.2, -0.15) is 0 Å². The van der Waals surface area contributed by atoms with Crippen LogP contribution in [-0.4, -0.2) is 16.3 Å². The summed E-state index contributed by atoms with van der Waals surface area (Å²) in [4.78, 5) is 6.81. The van der Waals surface area contributed by atoms with Gasteiger partial charge in [-0.1, -0.05) is 54.6 Å². The molecule has 0 saturated carbocycles. The van der Waals surface area contributed by atoms with Gasteiger partial charge in [-0.25, -0.2) is 0 Å². The van der Waals surface area contributed by atoms with Crippen LogP contribution >= 0.6 is 0 Å². The molecule has 6 aromatic rings. The molecular formula is C31H20BN3O. The van der Waals surface area contributed by atoms with Crippen molar-refractivity contribution in [3.05, 3.63) is 95.8 Å². The number of benzene rings is 3. The van der Waals surface area contributed by atoms with Crippen molar-refractivity contribution in [1.29, 1.82) is 0 Å². The van der Waals surface area contributed by atoms with Crippen LogP contribution in [0, 0.1) is 0 Å². The third-order valence-electron chi connectivity index (χ3n) is 8.11. The number of nitrogens with zero attached hydrogens (tertiary/aromatic N) is 3. The lowest BCUT2D eigenvalue weighted by molar-refractivity contribution is 0.582. The molecule has 5 heterocycles. The predicted molar refractivity (Wildman–Crippen MR) is 148 cm³/mol. The summed E-state index contributed by atoms with van der Waals surface area (Å²) in [6, 6.07) is 26.3. The van der Waals surface area contributed by atoms with Gasteiger partial charge in [0.05, 0.1) is 17.1 Å². The van der Waals surface area contributed by atoms with E-state index in [4.69, 9.17) is 4.42 Å². The van der Waals surface area contributed by atoms with Gasteiger partial charge in [0.2, 0.25) is 5.88 Å².